The molecule has 0 atom stereocenters. The van der Waals surface area contributed by atoms with E-state index in [0.29, 0.717) is 5.82 Å². The fourth-order valence-corrected chi connectivity index (χ4v) is 1.34. The van der Waals surface area contributed by atoms with Crippen LogP contribution in [-0.4, -0.2) is 15.0 Å². The Morgan fingerprint density at radius 1 is 1.07 bits per heavy atom. The monoisotopic (exact) mass is 188 g/mol. The van der Waals surface area contributed by atoms with Crippen LogP contribution in [0.1, 0.15) is 17.0 Å². The van der Waals surface area contributed by atoms with Crippen molar-refractivity contribution in [2.24, 2.45) is 0 Å². The molecule has 0 aromatic carbocycles. The van der Waals surface area contributed by atoms with Crippen LogP contribution in [0.3, 0.4) is 0 Å². The molecule has 2 aromatic heterocycles. The highest BCUT2D eigenvalue weighted by atomic mass is 14.9. The summed E-state index contributed by atoms with van der Waals surface area (Å²) in [7, 11) is 0. The fraction of sp³-hybridized carbons (Fsp3) is 0.300. The normalized spacial score (nSPS) is 10.8. The Hall–Kier alpha value is -1.71. The third-order valence-corrected chi connectivity index (χ3v) is 2.40. The zero-order valence-corrected chi connectivity index (χ0v) is 8.50. The van der Waals surface area contributed by atoms with Crippen molar-refractivity contribution in [3.63, 3.8) is 0 Å². The topological polar surface area (TPSA) is 64.7 Å². The molecule has 0 spiro atoms. The quantitative estimate of drug-likeness (QED) is 0.681. The number of hydrogen-bond acceptors (Lipinski definition) is 4. The van der Waals surface area contributed by atoms with Gasteiger partial charge in [0.05, 0.1) is 23.1 Å². The molecule has 4 nitrogen and oxygen atoms in total. The number of nitrogens with zero attached hydrogens (tertiary/aromatic N) is 3. The minimum absolute atomic E-state index is 0.523. The van der Waals surface area contributed by atoms with Crippen LogP contribution >= 0.6 is 0 Å². The first-order valence-electron chi connectivity index (χ1n) is 4.45. The number of aromatic nitrogens is 3. The number of nitrogens with two attached hydrogens (primary N) is 1. The van der Waals surface area contributed by atoms with Gasteiger partial charge in [-0.25, -0.2) is 15.0 Å². The molecule has 0 amide bonds. The zero-order chi connectivity index (χ0) is 10.3. The van der Waals surface area contributed by atoms with Crippen molar-refractivity contribution in [2.75, 3.05) is 5.73 Å². The highest BCUT2D eigenvalue weighted by Gasteiger charge is 2.06. The average molecular weight is 188 g/mol. The molecule has 0 aliphatic rings. The minimum atomic E-state index is 0.523. The van der Waals surface area contributed by atoms with Gasteiger partial charge in [0, 0.05) is 5.56 Å². The van der Waals surface area contributed by atoms with E-state index in [9.17, 15) is 0 Å². The molecule has 0 saturated heterocycles. The molecule has 0 unspecified atom stereocenters. The second kappa shape index (κ2) is 2.90. The molecule has 0 aliphatic heterocycles. The van der Waals surface area contributed by atoms with Gasteiger partial charge in [0.15, 0.2) is 0 Å². The van der Waals surface area contributed by atoms with E-state index in [1.54, 1.807) is 6.20 Å². The summed E-state index contributed by atoms with van der Waals surface area (Å²) < 4.78 is 0. The molecule has 2 rings (SSSR count). The molecule has 2 N–H and O–H groups in total. The lowest BCUT2D eigenvalue weighted by Gasteiger charge is -2.05. The Bertz CT molecular complexity index is 505. The second-order valence-electron chi connectivity index (χ2n) is 3.40. The van der Waals surface area contributed by atoms with E-state index in [0.717, 1.165) is 28.0 Å². The first-order chi connectivity index (χ1) is 6.59. The first-order valence-corrected chi connectivity index (χ1v) is 4.45. The lowest BCUT2D eigenvalue weighted by Crippen LogP contribution is -2.00. The van der Waals surface area contributed by atoms with Gasteiger partial charge in [-0.2, -0.15) is 0 Å². The summed E-state index contributed by atoms with van der Waals surface area (Å²) in [6.07, 6.45) is 1.66. The van der Waals surface area contributed by atoms with Gasteiger partial charge in [0.25, 0.3) is 0 Å². The van der Waals surface area contributed by atoms with Gasteiger partial charge >= 0.3 is 0 Å². The van der Waals surface area contributed by atoms with Crippen LogP contribution < -0.4 is 5.73 Å². The van der Waals surface area contributed by atoms with Gasteiger partial charge in [-0.05, 0) is 20.8 Å². The number of fused-ring (bicyclic) bond motifs is 1. The molecule has 0 bridgehead atoms. The summed E-state index contributed by atoms with van der Waals surface area (Å²) in [6, 6.07) is 0. The van der Waals surface area contributed by atoms with Crippen LogP contribution in [0.2, 0.25) is 0 Å². The summed E-state index contributed by atoms with van der Waals surface area (Å²) in [5.41, 5.74) is 10.1. The number of pyridine rings is 1. The largest absolute Gasteiger partial charge is 0.383 e. The summed E-state index contributed by atoms with van der Waals surface area (Å²) in [4.78, 5) is 12.9. The second-order valence-corrected chi connectivity index (χ2v) is 3.40. The molecule has 4 heteroatoms. The van der Waals surface area contributed by atoms with Crippen molar-refractivity contribution >= 4 is 16.9 Å². The Balaban J connectivity index is 2.89. The van der Waals surface area contributed by atoms with Crippen molar-refractivity contribution < 1.29 is 0 Å². The fourth-order valence-electron chi connectivity index (χ4n) is 1.34. The molecule has 72 valence electrons. The third-order valence-electron chi connectivity index (χ3n) is 2.40. The molecule has 0 fully saturated rings. The minimum Gasteiger partial charge on any atom is -0.383 e. The molecule has 2 heterocycles. The summed E-state index contributed by atoms with van der Waals surface area (Å²) >= 11 is 0. The van der Waals surface area contributed by atoms with Crippen LogP contribution in [0.5, 0.6) is 0 Å². The van der Waals surface area contributed by atoms with Gasteiger partial charge in [0.1, 0.15) is 11.3 Å². The van der Waals surface area contributed by atoms with Crippen molar-refractivity contribution in [2.45, 2.75) is 20.8 Å². The van der Waals surface area contributed by atoms with Gasteiger partial charge in [0.2, 0.25) is 0 Å². The van der Waals surface area contributed by atoms with Crippen LogP contribution in [0.25, 0.3) is 11.0 Å². The molecule has 14 heavy (non-hydrogen) atoms. The van der Waals surface area contributed by atoms with Crippen LogP contribution in [-0.2, 0) is 0 Å². The SMILES string of the molecule is Cc1nc2cnc(N)c(C)c2nc1C. The van der Waals surface area contributed by atoms with Gasteiger partial charge in [-0.3, -0.25) is 0 Å². The first kappa shape index (κ1) is 8.87. The summed E-state index contributed by atoms with van der Waals surface area (Å²) in [5.74, 6) is 0.523. The standard InChI is InChI=1S/C10H12N4/c1-5-9-8(4-12-10(5)11)13-6(2)7(3)14-9/h4H,1-3H3,(H2,11,12). The molecule has 0 radical (unpaired) electrons. The van der Waals surface area contributed by atoms with Gasteiger partial charge < -0.3 is 5.73 Å². The van der Waals surface area contributed by atoms with E-state index >= 15 is 0 Å². The average Bonchev–Trinajstić information content (AvgIpc) is 2.15. The van der Waals surface area contributed by atoms with Crippen molar-refractivity contribution in [3.8, 4) is 0 Å². The number of aryl methyl sites for hydroxylation is 3. The van der Waals surface area contributed by atoms with E-state index in [-0.39, 0.29) is 0 Å². The number of nitrogen functional groups attached to an aromatic ring is 1. The molecule has 2 aromatic rings. The predicted molar refractivity (Wildman–Crippen MR) is 56.0 cm³/mol. The van der Waals surface area contributed by atoms with E-state index in [1.165, 1.54) is 0 Å². The lowest BCUT2D eigenvalue weighted by molar-refractivity contribution is 1.09. The van der Waals surface area contributed by atoms with Crippen LogP contribution in [0, 0.1) is 20.8 Å². The molecular weight excluding hydrogens is 176 g/mol. The Kier molecular flexibility index (Phi) is 1.84. The summed E-state index contributed by atoms with van der Waals surface area (Å²) in [5, 5.41) is 0. The maximum atomic E-state index is 5.70. The van der Waals surface area contributed by atoms with Crippen molar-refractivity contribution in [3.05, 3.63) is 23.1 Å². The van der Waals surface area contributed by atoms with Crippen molar-refractivity contribution in [1.82, 2.24) is 15.0 Å². The van der Waals surface area contributed by atoms with Crippen LogP contribution in [0.15, 0.2) is 6.20 Å². The van der Waals surface area contributed by atoms with E-state index in [1.807, 2.05) is 20.8 Å². The number of anilines is 1. The Labute approximate surface area is 82.2 Å². The number of hydrogen-bond donors (Lipinski definition) is 1. The highest BCUT2D eigenvalue weighted by Crippen LogP contribution is 2.18. The molecule has 0 saturated carbocycles. The Morgan fingerprint density at radius 3 is 2.43 bits per heavy atom. The maximum absolute atomic E-state index is 5.70. The molecular formula is C10H12N4. The highest BCUT2D eigenvalue weighted by molar-refractivity contribution is 5.80. The number of rotatable bonds is 0. The van der Waals surface area contributed by atoms with E-state index < -0.39 is 0 Å². The lowest BCUT2D eigenvalue weighted by atomic mass is 10.2. The Morgan fingerprint density at radius 2 is 1.71 bits per heavy atom. The molecule has 0 aliphatic carbocycles. The maximum Gasteiger partial charge on any atom is 0.128 e. The van der Waals surface area contributed by atoms with Crippen molar-refractivity contribution in [1.29, 1.82) is 0 Å². The van der Waals surface area contributed by atoms with Gasteiger partial charge in [-0.1, -0.05) is 0 Å². The third kappa shape index (κ3) is 1.19. The van der Waals surface area contributed by atoms with E-state index in [4.69, 9.17) is 5.73 Å². The smallest absolute Gasteiger partial charge is 0.128 e. The van der Waals surface area contributed by atoms with Crippen LogP contribution in [0.4, 0.5) is 5.82 Å². The van der Waals surface area contributed by atoms with Gasteiger partial charge in [-0.15, -0.1) is 0 Å². The predicted octanol–water partition coefficient (Wildman–Crippen LogP) is 1.53. The zero-order valence-electron chi connectivity index (χ0n) is 8.50. The summed E-state index contributed by atoms with van der Waals surface area (Å²) in [6.45, 7) is 5.79. The van der Waals surface area contributed by atoms with E-state index in [2.05, 4.69) is 15.0 Å².